The van der Waals surface area contributed by atoms with Gasteiger partial charge in [-0.15, -0.1) is 0 Å². The van der Waals surface area contributed by atoms with Crippen molar-refractivity contribution in [3.63, 3.8) is 0 Å². The number of rotatable bonds is 3. The molecular formula is C15H23N5. The average molecular weight is 273 g/mol. The molecule has 1 atom stereocenters. The summed E-state index contributed by atoms with van der Waals surface area (Å²) in [6, 6.07) is 2.88. The summed E-state index contributed by atoms with van der Waals surface area (Å²) in [5, 5.41) is 0. The molecule has 3 aliphatic rings. The van der Waals surface area contributed by atoms with Crippen molar-refractivity contribution in [3.8, 4) is 0 Å². The van der Waals surface area contributed by atoms with Crippen molar-refractivity contribution >= 4 is 11.8 Å². The van der Waals surface area contributed by atoms with Gasteiger partial charge in [0.25, 0.3) is 0 Å². The van der Waals surface area contributed by atoms with Crippen LogP contribution in [0.25, 0.3) is 0 Å². The van der Waals surface area contributed by atoms with Gasteiger partial charge in [-0.25, -0.2) is 4.98 Å². The first-order chi connectivity index (χ1) is 9.78. The van der Waals surface area contributed by atoms with Crippen molar-refractivity contribution in [2.75, 3.05) is 36.8 Å². The van der Waals surface area contributed by atoms with Gasteiger partial charge in [0.15, 0.2) is 0 Å². The Labute approximate surface area is 120 Å². The fourth-order valence-corrected chi connectivity index (χ4v) is 3.59. The molecule has 5 nitrogen and oxygen atoms in total. The van der Waals surface area contributed by atoms with Gasteiger partial charge in [-0.3, -0.25) is 4.90 Å². The lowest BCUT2D eigenvalue weighted by Crippen LogP contribution is -2.50. The highest BCUT2D eigenvalue weighted by molar-refractivity contribution is 5.44. The van der Waals surface area contributed by atoms with Crippen LogP contribution in [0.15, 0.2) is 6.07 Å². The zero-order valence-corrected chi connectivity index (χ0v) is 12.0. The number of fused-ring (bicyclic) bond motifs is 1. The van der Waals surface area contributed by atoms with Crippen molar-refractivity contribution in [1.29, 1.82) is 0 Å². The van der Waals surface area contributed by atoms with Gasteiger partial charge in [0.1, 0.15) is 5.82 Å². The molecule has 2 N–H and O–H groups in total. The summed E-state index contributed by atoms with van der Waals surface area (Å²) in [5.41, 5.74) is 7.04. The topological polar surface area (TPSA) is 58.3 Å². The van der Waals surface area contributed by atoms with E-state index in [0.717, 1.165) is 43.5 Å². The summed E-state index contributed by atoms with van der Waals surface area (Å²) in [7, 11) is 0. The lowest BCUT2D eigenvalue weighted by molar-refractivity contribution is 0.230. The Morgan fingerprint density at radius 1 is 1.15 bits per heavy atom. The molecule has 3 fully saturated rings. The molecule has 0 amide bonds. The molecule has 0 unspecified atom stereocenters. The first-order valence-corrected chi connectivity index (χ1v) is 7.90. The summed E-state index contributed by atoms with van der Waals surface area (Å²) in [5.74, 6) is 2.32. The van der Waals surface area contributed by atoms with E-state index in [9.17, 15) is 0 Å². The molecule has 1 aromatic heterocycles. The van der Waals surface area contributed by atoms with Gasteiger partial charge in [-0.1, -0.05) is 0 Å². The summed E-state index contributed by atoms with van der Waals surface area (Å²) in [4.78, 5) is 13.9. The molecule has 1 aliphatic carbocycles. The first-order valence-electron chi connectivity index (χ1n) is 7.90. The Morgan fingerprint density at radius 3 is 2.90 bits per heavy atom. The maximum atomic E-state index is 5.91. The molecule has 1 aromatic rings. The zero-order chi connectivity index (χ0) is 13.5. The Bertz CT molecular complexity index is 499. The lowest BCUT2D eigenvalue weighted by atomic mass is 10.1. The predicted octanol–water partition coefficient (Wildman–Crippen LogP) is 1.30. The van der Waals surface area contributed by atoms with E-state index in [0.29, 0.717) is 12.0 Å². The van der Waals surface area contributed by atoms with E-state index in [-0.39, 0.29) is 0 Å². The van der Waals surface area contributed by atoms with E-state index in [1.165, 1.54) is 32.2 Å². The molecule has 20 heavy (non-hydrogen) atoms. The summed E-state index contributed by atoms with van der Waals surface area (Å²) >= 11 is 0. The summed E-state index contributed by atoms with van der Waals surface area (Å²) in [6.07, 6.45) is 6.44. The molecule has 1 saturated carbocycles. The van der Waals surface area contributed by atoms with Crippen LogP contribution in [0.2, 0.25) is 0 Å². The number of nitrogen functional groups attached to an aromatic ring is 1. The molecule has 0 aromatic carbocycles. The molecule has 0 bridgehead atoms. The van der Waals surface area contributed by atoms with Gasteiger partial charge < -0.3 is 10.6 Å². The lowest BCUT2D eigenvalue weighted by Gasteiger charge is -2.38. The highest BCUT2D eigenvalue weighted by atomic mass is 15.3. The fourth-order valence-electron chi connectivity index (χ4n) is 3.59. The Balaban J connectivity index is 1.53. The van der Waals surface area contributed by atoms with Crippen molar-refractivity contribution in [2.24, 2.45) is 5.92 Å². The second kappa shape index (κ2) is 4.88. The minimum atomic E-state index is 0.437. The summed E-state index contributed by atoms with van der Waals surface area (Å²) < 4.78 is 0. The number of nitrogens with zero attached hydrogens (tertiary/aromatic N) is 4. The van der Waals surface area contributed by atoms with E-state index in [2.05, 4.69) is 25.8 Å². The second-order valence-electron chi connectivity index (χ2n) is 6.50. The highest BCUT2D eigenvalue weighted by Gasteiger charge is 2.31. The molecule has 5 heteroatoms. The maximum absolute atomic E-state index is 5.91. The van der Waals surface area contributed by atoms with E-state index < -0.39 is 0 Å². The van der Waals surface area contributed by atoms with Crippen molar-refractivity contribution in [1.82, 2.24) is 14.9 Å². The first kappa shape index (κ1) is 12.4. The van der Waals surface area contributed by atoms with E-state index in [1.54, 1.807) is 0 Å². The number of aromatic nitrogens is 2. The number of nitrogens with two attached hydrogens (primary N) is 1. The van der Waals surface area contributed by atoms with Crippen LogP contribution in [0, 0.1) is 5.92 Å². The van der Waals surface area contributed by atoms with Gasteiger partial charge in [-0.05, 0) is 44.6 Å². The number of anilines is 2. The molecule has 0 spiro atoms. The van der Waals surface area contributed by atoms with Gasteiger partial charge in [-0.2, -0.15) is 4.98 Å². The third-order valence-electron chi connectivity index (χ3n) is 4.89. The van der Waals surface area contributed by atoms with E-state index >= 15 is 0 Å². The van der Waals surface area contributed by atoms with Gasteiger partial charge in [0.2, 0.25) is 5.95 Å². The molecular weight excluding hydrogens is 250 g/mol. The Morgan fingerprint density at radius 2 is 2.05 bits per heavy atom. The molecule has 0 radical (unpaired) electrons. The van der Waals surface area contributed by atoms with Crippen LogP contribution in [-0.4, -0.2) is 47.1 Å². The van der Waals surface area contributed by atoms with Gasteiger partial charge >= 0.3 is 0 Å². The molecule has 2 saturated heterocycles. The maximum Gasteiger partial charge on any atom is 0.222 e. The molecule has 4 rings (SSSR count). The quantitative estimate of drug-likeness (QED) is 0.899. The monoisotopic (exact) mass is 273 g/mol. The molecule has 108 valence electrons. The van der Waals surface area contributed by atoms with Crippen LogP contribution in [0.5, 0.6) is 0 Å². The van der Waals surface area contributed by atoms with Crippen LogP contribution in [0.3, 0.4) is 0 Å². The normalized spacial score (nSPS) is 26.8. The largest absolute Gasteiger partial charge is 0.368 e. The summed E-state index contributed by atoms with van der Waals surface area (Å²) in [6.45, 7) is 4.60. The van der Waals surface area contributed by atoms with Gasteiger partial charge in [0, 0.05) is 37.4 Å². The SMILES string of the molecule is Nc1nc(CC2CC2)cc(N2CCN3CCC[C@@H]3C2)n1. The Hall–Kier alpha value is -1.36. The van der Waals surface area contributed by atoms with Gasteiger partial charge in [0.05, 0.1) is 0 Å². The molecule has 2 aliphatic heterocycles. The van der Waals surface area contributed by atoms with Crippen molar-refractivity contribution in [3.05, 3.63) is 11.8 Å². The van der Waals surface area contributed by atoms with Crippen LogP contribution < -0.4 is 10.6 Å². The van der Waals surface area contributed by atoms with E-state index in [1.807, 2.05) is 0 Å². The third kappa shape index (κ3) is 2.46. The average Bonchev–Trinajstić information content (AvgIpc) is 3.12. The fraction of sp³-hybridized carbons (Fsp3) is 0.733. The third-order valence-corrected chi connectivity index (χ3v) is 4.89. The Kier molecular flexibility index (Phi) is 3.02. The minimum absolute atomic E-state index is 0.437. The van der Waals surface area contributed by atoms with Crippen LogP contribution in [-0.2, 0) is 6.42 Å². The number of hydrogen-bond donors (Lipinski definition) is 1. The van der Waals surface area contributed by atoms with Crippen molar-refractivity contribution in [2.45, 2.75) is 38.1 Å². The predicted molar refractivity (Wildman–Crippen MR) is 79.7 cm³/mol. The number of hydrogen-bond acceptors (Lipinski definition) is 5. The van der Waals surface area contributed by atoms with Crippen LogP contribution >= 0.6 is 0 Å². The van der Waals surface area contributed by atoms with Crippen LogP contribution in [0.1, 0.15) is 31.4 Å². The second-order valence-corrected chi connectivity index (χ2v) is 6.50. The minimum Gasteiger partial charge on any atom is -0.368 e. The molecule has 3 heterocycles. The van der Waals surface area contributed by atoms with Crippen LogP contribution in [0.4, 0.5) is 11.8 Å². The standard InChI is InChI=1S/C15H23N5/c16-15-17-12(8-11-3-4-11)9-14(18-15)20-7-6-19-5-1-2-13(19)10-20/h9,11,13H,1-8,10H2,(H2,16,17,18)/t13-/m1/s1. The number of piperazine rings is 1. The van der Waals surface area contributed by atoms with E-state index in [4.69, 9.17) is 5.73 Å². The zero-order valence-electron chi connectivity index (χ0n) is 12.0. The smallest absolute Gasteiger partial charge is 0.222 e. The highest BCUT2D eigenvalue weighted by Crippen LogP contribution is 2.33. The van der Waals surface area contributed by atoms with Crippen molar-refractivity contribution < 1.29 is 0 Å².